The monoisotopic (exact) mass is 526 g/mol. The van der Waals surface area contributed by atoms with Crippen molar-refractivity contribution in [2.45, 2.75) is 44.8 Å². The highest BCUT2D eigenvalue weighted by atomic mass is 16.6. The fourth-order valence-electron chi connectivity index (χ4n) is 5.10. The van der Waals surface area contributed by atoms with Gasteiger partial charge in [-0.3, -0.25) is 0 Å². The minimum atomic E-state index is -1.55. The van der Waals surface area contributed by atoms with E-state index in [9.17, 15) is 19.5 Å². The van der Waals surface area contributed by atoms with Crippen LogP contribution in [0.5, 0.6) is 0 Å². The number of rotatable bonds is 6. The van der Waals surface area contributed by atoms with Crippen LogP contribution >= 0.6 is 0 Å². The van der Waals surface area contributed by atoms with Crippen molar-refractivity contribution in [2.75, 3.05) is 6.61 Å². The second-order valence-electron chi connectivity index (χ2n) is 10.6. The average molecular weight is 527 g/mol. The molecular weight excluding hydrogens is 496 g/mol. The molecular formula is C31H30N2O6. The van der Waals surface area contributed by atoms with Crippen molar-refractivity contribution in [3.05, 3.63) is 95.7 Å². The zero-order valence-electron chi connectivity index (χ0n) is 22.0. The fraction of sp³-hybridized carbons (Fsp3) is 0.258. The summed E-state index contributed by atoms with van der Waals surface area (Å²) in [6.07, 6.45) is -0.584. The number of aromatic amines is 1. The Morgan fingerprint density at radius 2 is 1.49 bits per heavy atom. The summed E-state index contributed by atoms with van der Waals surface area (Å²) < 4.78 is 11.1. The molecule has 2 amide bonds. The van der Waals surface area contributed by atoms with Gasteiger partial charge in [0.2, 0.25) is 0 Å². The quantitative estimate of drug-likeness (QED) is 0.303. The van der Waals surface area contributed by atoms with Gasteiger partial charge >= 0.3 is 18.2 Å². The topological polar surface area (TPSA) is 109 Å². The average Bonchev–Trinajstić information content (AvgIpc) is 3.45. The van der Waals surface area contributed by atoms with Gasteiger partial charge in [0, 0.05) is 29.4 Å². The number of H-pyrrole nitrogens is 1. The molecule has 1 heterocycles. The van der Waals surface area contributed by atoms with Gasteiger partial charge in [-0.2, -0.15) is 4.90 Å². The number of ether oxygens (including phenoxy) is 2. The largest absolute Gasteiger partial charge is 0.480 e. The van der Waals surface area contributed by atoms with E-state index in [4.69, 9.17) is 9.47 Å². The number of hydrogen-bond donors (Lipinski definition) is 2. The van der Waals surface area contributed by atoms with Crippen LogP contribution in [-0.4, -0.2) is 51.4 Å². The van der Waals surface area contributed by atoms with Crippen LogP contribution in [0.4, 0.5) is 9.59 Å². The summed E-state index contributed by atoms with van der Waals surface area (Å²) >= 11 is 0. The summed E-state index contributed by atoms with van der Waals surface area (Å²) in [5.41, 5.74) is 4.64. The molecule has 39 heavy (non-hydrogen) atoms. The summed E-state index contributed by atoms with van der Waals surface area (Å²) in [4.78, 5) is 43.0. The third-order valence-corrected chi connectivity index (χ3v) is 6.81. The molecule has 0 radical (unpaired) electrons. The lowest BCUT2D eigenvalue weighted by Gasteiger charge is -2.29. The van der Waals surface area contributed by atoms with Crippen LogP contribution in [0.15, 0.2) is 79.0 Å². The van der Waals surface area contributed by atoms with Gasteiger partial charge in [-0.1, -0.05) is 66.7 Å². The first kappa shape index (κ1) is 26.0. The molecule has 0 aliphatic heterocycles. The maximum absolute atomic E-state index is 13.5. The van der Waals surface area contributed by atoms with Crippen molar-refractivity contribution in [3.63, 3.8) is 0 Å². The smallest absolute Gasteiger partial charge is 0.420 e. The zero-order valence-corrected chi connectivity index (χ0v) is 22.0. The predicted molar refractivity (Wildman–Crippen MR) is 147 cm³/mol. The molecule has 1 aromatic heterocycles. The van der Waals surface area contributed by atoms with Gasteiger partial charge in [0.1, 0.15) is 18.2 Å². The number of hydrogen-bond acceptors (Lipinski definition) is 5. The van der Waals surface area contributed by atoms with E-state index < -0.39 is 29.8 Å². The Labute approximate surface area is 226 Å². The van der Waals surface area contributed by atoms with E-state index in [1.54, 1.807) is 27.0 Å². The molecule has 200 valence electrons. The maximum Gasteiger partial charge on any atom is 0.420 e. The highest BCUT2D eigenvalue weighted by Crippen LogP contribution is 2.44. The summed E-state index contributed by atoms with van der Waals surface area (Å²) in [7, 11) is 0. The SMILES string of the molecule is CC(C)(C)OC(=O)N(C(=O)OCC1c2ccccc2-c2ccccc21)[C@H](Cc1c[nH]c2ccccc12)C(=O)O. The van der Waals surface area contributed by atoms with Crippen LogP contribution in [0.25, 0.3) is 22.0 Å². The molecule has 0 fully saturated rings. The minimum Gasteiger partial charge on any atom is -0.480 e. The first-order valence-corrected chi connectivity index (χ1v) is 12.8. The van der Waals surface area contributed by atoms with Gasteiger partial charge in [0.05, 0.1) is 0 Å². The lowest BCUT2D eigenvalue weighted by atomic mass is 9.98. The lowest BCUT2D eigenvalue weighted by Crippen LogP contribution is -2.51. The summed E-state index contributed by atoms with van der Waals surface area (Å²) in [6.45, 7) is 4.88. The van der Waals surface area contributed by atoms with Crippen LogP contribution in [0, 0.1) is 0 Å². The van der Waals surface area contributed by atoms with Gasteiger partial charge in [0.25, 0.3) is 0 Å². The Morgan fingerprint density at radius 1 is 0.897 bits per heavy atom. The van der Waals surface area contributed by atoms with E-state index in [-0.39, 0.29) is 18.9 Å². The summed E-state index contributed by atoms with van der Waals surface area (Å²) in [5, 5.41) is 11.0. The minimum absolute atomic E-state index is 0.0639. The van der Waals surface area contributed by atoms with Crippen LogP contribution in [0.1, 0.15) is 43.4 Å². The number of aromatic nitrogens is 1. The van der Waals surface area contributed by atoms with E-state index in [1.165, 1.54) is 0 Å². The molecule has 1 aliphatic carbocycles. The van der Waals surface area contributed by atoms with Gasteiger partial charge in [-0.15, -0.1) is 0 Å². The molecule has 3 aromatic carbocycles. The molecule has 0 spiro atoms. The first-order valence-electron chi connectivity index (χ1n) is 12.8. The number of fused-ring (bicyclic) bond motifs is 4. The molecule has 2 N–H and O–H groups in total. The highest BCUT2D eigenvalue weighted by molar-refractivity contribution is 5.94. The number of carbonyl (C=O) groups excluding carboxylic acids is 2. The van der Waals surface area contributed by atoms with E-state index in [0.29, 0.717) is 10.5 Å². The number of aliphatic carboxylic acids is 1. The molecule has 8 nitrogen and oxygen atoms in total. The normalized spacial score (nSPS) is 13.4. The van der Waals surface area contributed by atoms with Crippen LogP contribution in [0.3, 0.4) is 0 Å². The highest BCUT2D eigenvalue weighted by Gasteiger charge is 2.40. The third kappa shape index (κ3) is 5.23. The van der Waals surface area contributed by atoms with Crippen LogP contribution < -0.4 is 0 Å². The Balaban J connectivity index is 1.44. The van der Waals surface area contributed by atoms with Crippen molar-refractivity contribution in [1.29, 1.82) is 0 Å². The number of nitrogens with zero attached hydrogens (tertiary/aromatic N) is 1. The number of carbonyl (C=O) groups is 3. The molecule has 0 unspecified atom stereocenters. The van der Waals surface area contributed by atoms with E-state index in [0.717, 1.165) is 33.2 Å². The van der Waals surface area contributed by atoms with Gasteiger partial charge in [-0.05, 0) is 54.7 Å². The van der Waals surface area contributed by atoms with Crippen molar-refractivity contribution >= 4 is 29.1 Å². The van der Waals surface area contributed by atoms with Crippen molar-refractivity contribution < 1.29 is 29.0 Å². The van der Waals surface area contributed by atoms with E-state index >= 15 is 0 Å². The molecule has 1 atom stereocenters. The summed E-state index contributed by atoms with van der Waals surface area (Å²) in [6, 6.07) is 21.6. The number of nitrogens with one attached hydrogen (secondary N) is 1. The van der Waals surface area contributed by atoms with Gasteiger partial charge in [-0.25, -0.2) is 14.4 Å². The third-order valence-electron chi connectivity index (χ3n) is 6.81. The Hall–Kier alpha value is -4.59. The van der Waals surface area contributed by atoms with E-state index in [2.05, 4.69) is 4.98 Å². The number of benzene rings is 3. The summed E-state index contributed by atoms with van der Waals surface area (Å²) in [5.74, 6) is -1.60. The number of para-hydroxylation sites is 1. The second kappa shape index (κ2) is 10.3. The van der Waals surface area contributed by atoms with Crippen molar-refractivity contribution in [1.82, 2.24) is 9.88 Å². The van der Waals surface area contributed by atoms with E-state index in [1.807, 2.05) is 72.8 Å². The first-order chi connectivity index (χ1) is 18.6. The predicted octanol–water partition coefficient (Wildman–Crippen LogP) is 6.35. The number of imide groups is 1. The number of amides is 2. The fourth-order valence-corrected chi connectivity index (χ4v) is 5.10. The van der Waals surface area contributed by atoms with Crippen molar-refractivity contribution in [2.24, 2.45) is 0 Å². The molecule has 4 aromatic rings. The maximum atomic E-state index is 13.5. The van der Waals surface area contributed by atoms with Crippen molar-refractivity contribution in [3.8, 4) is 11.1 Å². The molecule has 0 bridgehead atoms. The number of carboxylic acids is 1. The lowest BCUT2D eigenvalue weighted by molar-refractivity contribution is -0.142. The zero-order chi connectivity index (χ0) is 27.7. The molecule has 0 saturated carbocycles. The Bertz CT molecular complexity index is 1500. The van der Waals surface area contributed by atoms with Gasteiger partial charge in [0.15, 0.2) is 0 Å². The second-order valence-corrected chi connectivity index (χ2v) is 10.6. The number of carboxylic acid groups (broad SMARTS) is 1. The van der Waals surface area contributed by atoms with Gasteiger partial charge < -0.3 is 19.6 Å². The molecule has 1 aliphatic rings. The molecule has 5 rings (SSSR count). The standard InChI is InChI=1S/C31H30N2O6/c1-31(2,3)39-30(37)33(27(28(34)35)16-19-17-32-26-15-9-8-10-20(19)26)29(36)38-18-25-23-13-6-4-11-21(23)22-12-5-7-14-24(22)25/h4-15,17,25,27,32H,16,18H2,1-3H3,(H,34,35)/t27-/m1/s1. The Morgan fingerprint density at radius 3 is 2.10 bits per heavy atom. The Kier molecular flexibility index (Phi) is 6.87. The van der Waals surface area contributed by atoms with Crippen LogP contribution in [-0.2, 0) is 20.7 Å². The van der Waals surface area contributed by atoms with Crippen LogP contribution in [0.2, 0.25) is 0 Å². The molecule has 0 saturated heterocycles. The molecule has 8 heteroatoms.